The predicted octanol–water partition coefficient (Wildman–Crippen LogP) is -1.89. The van der Waals surface area contributed by atoms with E-state index in [9.17, 15) is 20.1 Å². The Labute approximate surface area is 123 Å². The second-order valence-electron chi connectivity index (χ2n) is 5.05. The van der Waals surface area contributed by atoms with Crippen molar-refractivity contribution in [3.05, 3.63) is 0 Å². The number of nitrogens with one attached hydrogen (secondary N) is 1. The van der Waals surface area contributed by atoms with Gasteiger partial charge in [-0.2, -0.15) is 0 Å². The van der Waals surface area contributed by atoms with E-state index in [0.717, 1.165) is 12.8 Å². The number of unbranched alkanes of at least 4 members (excludes halogenated alkanes) is 2. The molecule has 0 aromatic heterocycles. The van der Waals surface area contributed by atoms with Crippen molar-refractivity contribution in [1.82, 2.24) is 5.32 Å². The van der Waals surface area contributed by atoms with Gasteiger partial charge in [0.05, 0.1) is 6.61 Å². The Morgan fingerprint density at radius 2 is 1.90 bits per heavy atom. The van der Waals surface area contributed by atoms with E-state index < -0.39 is 37.3 Å². The summed E-state index contributed by atoms with van der Waals surface area (Å²) in [5.74, 6) is -0.0138. The molecule has 1 saturated heterocycles. The molecule has 8 heteroatoms. The van der Waals surface area contributed by atoms with Crippen LogP contribution in [0, 0.1) is 0 Å². The minimum atomic E-state index is -1.50. The van der Waals surface area contributed by atoms with Crippen LogP contribution in [0.3, 0.4) is 0 Å². The van der Waals surface area contributed by atoms with Crippen molar-refractivity contribution in [2.45, 2.75) is 56.4 Å². The molecule has 5 unspecified atom stereocenters. The van der Waals surface area contributed by atoms with Crippen LogP contribution in [-0.4, -0.2) is 77.3 Å². The third-order valence-electron chi connectivity index (χ3n) is 3.48. The van der Waals surface area contributed by atoms with Crippen LogP contribution < -0.4 is 5.32 Å². The van der Waals surface area contributed by atoms with Crippen LogP contribution in [0.2, 0.25) is 0 Å². The van der Waals surface area contributed by atoms with E-state index in [1.807, 2.05) is 0 Å². The molecule has 1 heterocycles. The summed E-state index contributed by atoms with van der Waals surface area (Å²) in [5.41, 5.74) is 0. The molecule has 8 nitrogen and oxygen atoms in total. The third-order valence-corrected chi connectivity index (χ3v) is 3.48. The zero-order chi connectivity index (χ0) is 15.8. The van der Waals surface area contributed by atoms with Gasteiger partial charge in [-0.05, 0) is 12.8 Å². The van der Waals surface area contributed by atoms with E-state index in [0.29, 0.717) is 12.8 Å². The lowest BCUT2D eigenvalue weighted by Gasteiger charge is -2.39. The molecule has 0 bridgehead atoms. The standard InChI is InChI=1S/C13H25NO7/c1-14-9(16)5-3-2-4-6-20-12-10(17)8(7-15)21-13(19)11(12)18/h8,10-13,15,17-19H,2-7H2,1H3,(H,14,16). The number of hydrogen-bond acceptors (Lipinski definition) is 7. The Balaban J connectivity index is 2.27. The maximum Gasteiger partial charge on any atom is 0.219 e. The Morgan fingerprint density at radius 1 is 1.19 bits per heavy atom. The number of aliphatic hydroxyl groups is 4. The van der Waals surface area contributed by atoms with Crippen LogP contribution in [0.1, 0.15) is 25.7 Å². The molecule has 0 aromatic carbocycles. The Bertz CT molecular complexity index is 315. The molecule has 1 amide bonds. The fourth-order valence-corrected chi connectivity index (χ4v) is 2.17. The first-order chi connectivity index (χ1) is 10.0. The second-order valence-corrected chi connectivity index (χ2v) is 5.05. The summed E-state index contributed by atoms with van der Waals surface area (Å²) in [6, 6.07) is 0. The Kier molecular flexibility index (Phi) is 8.09. The fourth-order valence-electron chi connectivity index (χ4n) is 2.17. The highest BCUT2D eigenvalue weighted by atomic mass is 16.6. The monoisotopic (exact) mass is 307 g/mol. The van der Waals surface area contributed by atoms with Crippen molar-refractivity contribution in [2.24, 2.45) is 0 Å². The smallest absolute Gasteiger partial charge is 0.219 e. The molecule has 1 aliphatic heterocycles. The van der Waals surface area contributed by atoms with Crippen LogP contribution in [0.25, 0.3) is 0 Å². The molecule has 0 saturated carbocycles. The van der Waals surface area contributed by atoms with Gasteiger partial charge in [0.15, 0.2) is 6.29 Å². The van der Waals surface area contributed by atoms with Gasteiger partial charge < -0.3 is 35.2 Å². The third kappa shape index (κ3) is 5.50. The number of amides is 1. The van der Waals surface area contributed by atoms with Gasteiger partial charge in [0.2, 0.25) is 5.91 Å². The second kappa shape index (κ2) is 9.29. The van der Waals surface area contributed by atoms with Gasteiger partial charge in [-0.1, -0.05) is 6.42 Å². The van der Waals surface area contributed by atoms with Crippen molar-refractivity contribution in [1.29, 1.82) is 0 Å². The maximum absolute atomic E-state index is 11.0. The molecule has 0 spiro atoms. The van der Waals surface area contributed by atoms with Gasteiger partial charge >= 0.3 is 0 Å². The molecule has 1 rings (SSSR count). The molecule has 5 N–H and O–H groups in total. The molecule has 1 fully saturated rings. The highest BCUT2D eigenvalue weighted by Gasteiger charge is 2.44. The largest absolute Gasteiger partial charge is 0.394 e. The zero-order valence-corrected chi connectivity index (χ0v) is 12.1. The van der Waals surface area contributed by atoms with E-state index in [1.54, 1.807) is 7.05 Å². The minimum absolute atomic E-state index is 0.0138. The average Bonchev–Trinajstić information content (AvgIpc) is 2.48. The van der Waals surface area contributed by atoms with Gasteiger partial charge in [-0.15, -0.1) is 0 Å². The van der Waals surface area contributed by atoms with E-state index in [4.69, 9.17) is 14.6 Å². The Morgan fingerprint density at radius 3 is 2.52 bits per heavy atom. The number of rotatable bonds is 8. The number of carbonyl (C=O) groups excluding carboxylic acids is 1. The van der Waals surface area contributed by atoms with Crippen molar-refractivity contribution < 1.29 is 34.7 Å². The van der Waals surface area contributed by atoms with E-state index in [2.05, 4.69) is 5.32 Å². The first-order valence-electron chi connectivity index (χ1n) is 7.14. The normalized spacial score (nSPS) is 32.9. The van der Waals surface area contributed by atoms with Gasteiger partial charge in [0, 0.05) is 20.1 Å². The summed E-state index contributed by atoms with van der Waals surface area (Å²) in [6.45, 7) is -0.200. The molecule has 0 aliphatic carbocycles. The minimum Gasteiger partial charge on any atom is -0.394 e. The summed E-state index contributed by atoms with van der Waals surface area (Å²) >= 11 is 0. The molecule has 1 aliphatic rings. The highest BCUT2D eigenvalue weighted by molar-refractivity contribution is 5.75. The lowest BCUT2D eigenvalue weighted by molar-refractivity contribution is -0.294. The lowest BCUT2D eigenvalue weighted by atomic mass is 9.99. The number of aliphatic hydroxyl groups excluding tert-OH is 4. The van der Waals surface area contributed by atoms with E-state index in [-0.39, 0.29) is 12.5 Å². The molecule has 0 aromatic rings. The lowest BCUT2D eigenvalue weighted by Crippen LogP contribution is -2.59. The first kappa shape index (κ1) is 18.3. The molecule has 0 radical (unpaired) electrons. The van der Waals surface area contributed by atoms with Crippen LogP contribution in [-0.2, 0) is 14.3 Å². The van der Waals surface area contributed by atoms with Crippen LogP contribution in [0.4, 0.5) is 0 Å². The van der Waals surface area contributed by atoms with Crippen molar-refractivity contribution in [3.63, 3.8) is 0 Å². The van der Waals surface area contributed by atoms with Gasteiger partial charge in [-0.25, -0.2) is 0 Å². The quantitative estimate of drug-likeness (QED) is 0.332. The molecular formula is C13H25NO7. The molecule has 124 valence electrons. The summed E-state index contributed by atoms with van der Waals surface area (Å²) in [5, 5.41) is 40.7. The highest BCUT2D eigenvalue weighted by Crippen LogP contribution is 2.22. The first-order valence-corrected chi connectivity index (χ1v) is 7.14. The number of carbonyl (C=O) groups is 1. The van der Waals surface area contributed by atoms with Gasteiger partial charge in [0.1, 0.15) is 24.4 Å². The van der Waals surface area contributed by atoms with E-state index in [1.165, 1.54) is 0 Å². The van der Waals surface area contributed by atoms with Gasteiger partial charge in [-0.3, -0.25) is 4.79 Å². The maximum atomic E-state index is 11.0. The fraction of sp³-hybridized carbons (Fsp3) is 0.923. The number of ether oxygens (including phenoxy) is 2. The summed E-state index contributed by atoms with van der Waals surface area (Å²) < 4.78 is 10.2. The molecular weight excluding hydrogens is 282 g/mol. The SMILES string of the molecule is CNC(=O)CCCCCOC1C(O)C(O)OC(CO)C1O. The Hall–Kier alpha value is -0.770. The summed E-state index contributed by atoms with van der Waals surface area (Å²) in [7, 11) is 1.59. The van der Waals surface area contributed by atoms with Gasteiger partial charge in [0.25, 0.3) is 0 Å². The predicted molar refractivity (Wildman–Crippen MR) is 72.3 cm³/mol. The number of hydrogen-bond donors (Lipinski definition) is 5. The molecule has 5 atom stereocenters. The van der Waals surface area contributed by atoms with Crippen molar-refractivity contribution in [2.75, 3.05) is 20.3 Å². The summed E-state index contributed by atoms with van der Waals surface area (Å²) in [4.78, 5) is 11.0. The van der Waals surface area contributed by atoms with Crippen LogP contribution in [0.15, 0.2) is 0 Å². The van der Waals surface area contributed by atoms with E-state index >= 15 is 0 Å². The topological polar surface area (TPSA) is 128 Å². The zero-order valence-electron chi connectivity index (χ0n) is 12.1. The van der Waals surface area contributed by atoms with Crippen molar-refractivity contribution >= 4 is 5.91 Å². The average molecular weight is 307 g/mol. The summed E-state index contributed by atoms with van der Waals surface area (Å²) in [6.07, 6.45) is -3.46. The molecule has 21 heavy (non-hydrogen) atoms. The van der Waals surface area contributed by atoms with Crippen LogP contribution >= 0.6 is 0 Å². The van der Waals surface area contributed by atoms with Crippen molar-refractivity contribution in [3.8, 4) is 0 Å². The van der Waals surface area contributed by atoms with Crippen LogP contribution in [0.5, 0.6) is 0 Å².